The first kappa shape index (κ1) is 29.5. The number of hydrogen-bond acceptors (Lipinski definition) is 7. The maximum atomic E-state index is 14.3. The molecule has 1 aliphatic rings. The number of anilines is 2. The van der Waals surface area contributed by atoms with Gasteiger partial charge in [0.1, 0.15) is 18.5 Å². The van der Waals surface area contributed by atoms with E-state index in [1.807, 2.05) is 44.2 Å². The highest BCUT2D eigenvalue weighted by atomic mass is 35.5. The molecule has 0 fully saturated rings. The Bertz CT molecular complexity index is 1640. The highest BCUT2D eigenvalue weighted by Crippen LogP contribution is 2.40. The van der Waals surface area contributed by atoms with Crippen LogP contribution in [0.5, 0.6) is 11.5 Å². The average Bonchev–Trinajstić information content (AvgIpc) is 3.38. The van der Waals surface area contributed by atoms with Crippen LogP contribution in [0.2, 0.25) is 5.02 Å². The fourth-order valence-electron chi connectivity index (χ4n) is 4.68. The Balaban J connectivity index is 1.53. The van der Waals surface area contributed by atoms with Gasteiger partial charge in [-0.05, 0) is 61.7 Å². The first-order valence-electron chi connectivity index (χ1n) is 13.5. The van der Waals surface area contributed by atoms with Crippen molar-refractivity contribution in [1.82, 2.24) is 14.8 Å². The number of hydrogen-bond donors (Lipinski definition) is 2. The number of nitrogens with zero attached hydrogens (tertiary/aromatic N) is 3. The van der Waals surface area contributed by atoms with Gasteiger partial charge in [0.2, 0.25) is 11.1 Å². The molecule has 1 aliphatic heterocycles. The Hall–Kier alpha value is -4.02. The zero-order chi connectivity index (χ0) is 29.8. The summed E-state index contributed by atoms with van der Waals surface area (Å²) < 4.78 is 27.7. The molecule has 1 amide bonds. The van der Waals surface area contributed by atoms with Crippen molar-refractivity contribution in [2.75, 3.05) is 23.5 Å². The molecule has 2 heterocycles. The lowest BCUT2D eigenvalue weighted by Crippen LogP contribution is -2.31. The number of halogens is 2. The molecule has 0 spiro atoms. The molecular weight excluding hydrogens is 577 g/mol. The Morgan fingerprint density at radius 1 is 1.14 bits per heavy atom. The van der Waals surface area contributed by atoms with Gasteiger partial charge in [-0.3, -0.25) is 4.79 Å². The number of fused-ring (bicyclic) bond motifs is 1. The number of amides is 1. The molecule has 0 saturated heterocycles. The minimum atomic E-state index is -0.613. The first-order valence-corrected chi connectivity index (χ1v) is 14.8. The Kier molecular flexibility index (Phi) is 9.03. The van der Waals surface area contributed by atoms with Crippen LogP contribution < -0.4 is 20.1 Å². The van der Waals surface area contributed by atoms with Crippen LogP contribution in [-0.4, -0.2) is 33.5 Å². The van der Waals surface area contributed by atoms with E-state index in [2.05, 4.69) is 22.5 Å². The van der Waals surface area contributed by atoms with Gasteiger partial charge >= 0.3 is 0 Å². The highest BCUT2D eigenvalue weighted by Gasteiger charge is 2.35. The van der Waals surface area contributed by atoms with Crippen LogP contribution in [-0.2, 0) is 11.4 Å². The number of para-hydroxylation sites is 1. The number of methoxy groups -OCH3 is 1. The number of ether oxygens (including phenoxy) is 2. The third kappa shape index (κ3) is 6.10. The van der Waals surface area contributed by atoms with E-state index in [-0.39, 0.29) is 23.1 Å². The summed E-state index contributed by atoms with van der Waals surface area (Å²) in [7, 11) is 1.53. The number of aromatic nitrogens is 3. The summed E-state index contributed by atoms with van der Waals surface area (Å²) in [4.78, 5) is 18.5. The van der Waals surface area contributed by atoms with Crippen molar-refractivity contribution in [3.05, 3.63) is 99.5 Å². The van der Waals surface area contributed by atoms with E-state index in [0.29, 0.717) is 33.9 Å². The predicted molar refractivity (Wildman–Crippen MR) is 164 cm³/mol. The van der Waals surface area contributed by atoms with E-state index in [0.717, 1.165) is 29.0 Å². The molecule has 0 bridgehead atoms. The van der Waals surface area contributed by atoms with Gasteiger partial charge in [0, 0.05) is 22.7 Å². The van der Waals surface area contributed by atoms with Crippen molar-refractivity contribution in [2.45, 2.75) is 45.0 Å². The second kappa shape index (κ2) is 12.9. The topological polar surface area (TPSA) is 90.3 Å². The number of allylic oxidation sites excluding steroid dienone is 1. The average molecular weight is 608 g/mol. The minimum Gasteiger partial charge on any atom is -0.493 e. The number of carbonyl (C=O) groups excluding carboxylic acids is 1. The van der Waals surface area contributed by atoms with E-state index in [4.69, 9.17) is 26.2 Å². The number of rotatable bonds is 10. The summed E-state index contributed by atoms with van der Waals surface area (Å²) in [6.45, 7) is 5.81. The van der Waals surface area contributed by atoms with Gasteiger partial charge in [0.15, 0.2) is 11.5 Å². The molecule has 2 N–H and O–H groups in total. The Morgan fingerprint density at radius 2 is 1.95 bits per heavy atom. The molecule has 4 aromatic rings. The van der Waals surface area contributed by atoms with E-state index in [1.165, 1.54) is 13.2 Å². The summed E-state index contributed by atoms with van der Waals surface area (Å²) in [6, 6.07) is 16.9. The second-order valence-corrected chi connectivity index (χ2v) is 11.2. The molecule has 1 atom stereocenters. The van der Waals surface area contributed by atoms with Gasteiger partial charge < -0.3 is 20.1 Å². The molecular formula is C31H31ClFN5O3S. The number of aryl methyl sites for hydroxylation is 1. The summed E-state index contributed by atoms with van der Waals surface area (Å²) in [5.41, 5.74) is 3.79. The monoisotopic (exact) mass is 607 g/mol. The van der Waals surface area contributed by atoms with Crippen molar-refractivity contribution in [3.63, 3.8) is 0 Å². The number of carbonyl (C=O) groups is 1. The van der Waals surface area contributed by atoms with Crippen molar-refractivity contribution in [3.8, 4) is 11.5 Å². The molecule has 218 valence electrons. The molecule has 1 aromatic heterocycles. The van der Waals surface area contributed by atoms with Gasteiger partial charge in [-0.1, -0.05) is 60.6 Å². The van der Waals surface area contributed by atoms with Crippen LogP contribution in [0.3, 0.4) is 0 Å². The second-order valence-electron chi connectivity index (χ2n) is 9.75. The van der Waals surface area contributed by atoms with Crippen molar-refractivity contribution >= 4 is 40.9 Å². The molecule has 11 heteroatoms. The fourth-order valence-corrected chi connectivity index (χ4v) is 5.59. The fraction of sp³-hybridized carbons (Fsp3) is 0.258. The largest absolute Gasteiger partial charge is 0.493 e. The van der Waals surface area contributed by atoms with Gasteiger partial charge in [-0.25, -0.2) is 9.07 Å². The molecule has 42 heavy (non-hydrogen) atoms. The third-order valence-corrected chi connectivity index (χ3v) is 8.24. The van der Waals surface area contributed by atoms with Crippen molar-refractivity contribution in [1.29, 1.82) is 0 Å². The normalized spacial score (nSPS) is 14.3. The molecule has 8 nitrogen and oxygen atoms in total. The number of nitrogens with one attached hydrogen (secondary N) is 2. The minimum absolute atomic E-state index is 0.0805. The number of thioether (sulfide) groups is 1. The lowest BCUT2D eigenvalue weighted by Gasteiger charge is -2.29. The van der Waals surface area contributed by atoms with Gasteiger partial charge in [0.25, 0.3) is 5.91 Å². The smallest absolute Gasteiger partial charge is 0.255 e. The molecule has 0 radical (unpaired) electrons. The lowest BCUT2D eigenvalue weighted by molar-refractivity contribution is -0.113. The zero-order valence-electron chi connectivity index (χ0n) is 23.7. The number of benzene rings is 3. The first-order chi connectivity index (χ1) is 20.3. The van der Waals surface area contributed by atoms with Crippen LogP contribution >= 0.6 is 23.4 Å². The van der Waals surface area contributed by atoms with Crippen LogP contribution in [0, 0.1) is 12.7 Å². The summed E-state index contributed by atoms with van der Waals surface area (Å²) in [6.07, 6.45) is 0.976. The quantitative estimate of drug-likeness (QED) is 0.182. The third-order valence-electron chi connectivity index (χ3n) is 6.84. The molecule has 3 aromatic carbocycles. The van der Waals surface area contributed by atoms with Crippen LogP contribution in [0.4, 0.5) is 16.0 Å². The zero-order valence-corrected chi connectivity index (χ0v) is 25.3. The van der Waals surface area contributed by atoms with E-state index < -0.39 is 11.9 Å². The van der Waals surface area contributed by atoms with Crippen LogP contribution in [0.15, 0.2) is 77.1 Å². The van der Waals surface area contributed by atoms with E-state index in [1.54, 1.807) is 40.7 Å². The molecule has 5 rings (SSSR count). The van der Waals surface area contributed by atoms with Crippen LogP contribution in [0.25, 0.3) is 0 Å². The van der Waals surface area contributed by atoms with Gasteiger partial charge in [-0.15, -0.1) is 5.10 Å². The SMILES string of the molecule is CCCSc1nc2n(n1)C(c1ccc(OCc3c(F)cccc3Cl)c(OC)c1)C(C(=O)Nc1ccccc1C)=C(C)N2. The molecule has 0 aliphatic carbocycles. The Morgan fingerprint density at radius 3 is 2.69 bits per heavy atom. The predicted octanol–water partition coefficient (Wildman–Crippen LogP) is 7.40. The lowest BCUT2D eigenvalue weighted by atomic mass is 9.94. The Labute approximate surface area is 253 Å². The molecule has 1 unspecified atom stereocenters. The van der Waals surface area contributed by atoms with Crippen LogP contribution in [0.1, 0.15) is 43.0 Å². The highest BCUT2D eigenvalue weighted by molar-refractivity contribution is 7.99. The van der Waals surface area contributed by atoms with Gasteiger partial charge in [0.05, 0.1) is 17.7 Å². The summed E-state index contributed by atoms with van der Waals surface area (Å²) >= 11 is 7.74. The standard InChI is InChI=1S/C31H31ClFN5O3S/c1-5-15-42-31-36-30-34-19(3)27(29(39)35-24-12-7-6-9-18(24)2)28(38(30)37-31)20-13-14-25(26(16-20)40-4)41-17-21-22(32)10-8-11-23(21)33/h6-14,16,28H,5,15,17H2,1-4H3,(H,35,39)(H,34,36,37). The summed E-state index contributed by atoms with van der Waals surface area (Å²) in [5, 5.41) is 12.0. The maximum absolute atomic E-state index is 14.3. The van der Waals surface area contributed by atoms with E-state index >= 15 is 0 Å². The molecule has 0 saturated carbocycles. The van der Waals surface area contributed by atoms with Crippen molar-refractivity contribution in [2.24, 2.45) is 0 Å². The van der Waals surface area contributed by atoms with E-state index in [9.17, 15) is 9.18 Å². The van der Waals surface area contributed by atoms with Gasteiger partial charge in [-0.2, -0.15) is 4.98 Å². The van der Waals surface area contributed by atoms with Crippen molar-refractivity contribution < 1.29 is 18.7 Å². The maximum Gasteiger partial charge on any atom is 0.255 e. The summed E-state index contributed by atoms with van der Waals surface area (Å²) in [5.74, 6) is 1.51.